The van der Waals surface area contributed by atoms with Crippen LogP contribution in [0, 0.1) is 0 Å². The summed E-state index contributed by atoms with van der Waals surface area (Å²) in [7, 11) is -3.37. The molecule has 0 heterocycles. The Morgan fingerprint density at radius 3 is 1.30 bits per heavy atom. The van der Waals surface area contributed by atoms with Gasteiger partial charge in [0, 0.05) is 0 Å². The number of carbonyl (C=O) groups is 2. The molecule has 0 aliphatic rings. The third kappa shape index (κ3) is 5.34. The van der Waals surface area contributed by atoms with Gasteiger partial charge in [-0.25, -0.2) is 9.59 Å². The Balaban J connectivity index is 1.67. The SMILES string of the molecule is O=C(Oc1cccc(B(O)O)c1)c1ccc(C(=O)Oc2cccc(B(O)O)c2)cc1. The zero-order valence-electron chi connectivity index (χ0n) is 15.5. The van der Waals surface area contributed by atoms with Crippen LogP contribution in [0.5, 0.6) is 11.5 Å². The monoisotopic (exact) mass is 406 g/mol. The van der Waals surface area contributed by atoms with Crippen LogP contribution in [0.25, 0.3) is 0 Å². The Morgan fingerprint density at radius 2 is 0.967 bits per heavy atom. The predicted molar refractivity (Wildman–Crippen MR) is 109 cm³/mol. The topological polar surface area (TPSA) is 134 Å². The molecule has 10 heteroatoms. The highest BCUT2D eigenvalue weighted by Gasteiger charge is 2.16. The van der Waals surface area contributed by atoms with Crippen molar-refractivity contribution >= 4 is 37.1 Å². The van der Waals surface area contributed by atoms with Crippen molar-refractivity contribution in [1.82, 2.24) is 0 Å². The fraction of sp³-hybridized carbons (Fsp3) is 0. The second-order valence-corrected chi connectivity index (χ2v) is 6.25. The van der Waals surface area contributed by atoms with Gasteiger partial charge in [0.1, 0.15) is 11.5 Å². The van der Waals surface area contributed by atoms with Gasteiger partial charge in [0.25, 0.3) is 0 Å². The molecular weight excluding hydrogens is 390 g/mol. The molecule has 0 saturated carbocycles. The van der Waals surface area contributed by atoms with Crippen molar-refractivity contribution < 1.29 is 39.2 Å². The van der Waals surface area contributed by atoms with E-state index < -0.39 is 26.2 Å². The quantitative estimate of drug-likeness (QED) is 0.244. The molecule has 8 nitrogen and oxygen atoms in total. The number of hydrogen-bond donors (Lipinski definition) is 4. The molecule has 150 valence electrons. The number of benzene rings is 3. The van der Waals surface area contributed by atoms with Crippen molar-refractivity contribution in [3.63, 3.8) is 0 Å². The average molecular weight is 406 g/mol. The molecule has 0 saturated heterocycles. The molecule has 0 aromatic heterocycles. The number of hydrogen-bond acceptors (Lipinski definition) is 8. The van der Waals surface area contributed by atoms with Gasteiger partial charge in [0.15, 0.2) is 0 Å². The zero-order valence-corrected chi connectivity index (χ0v) is 15.5. The fourth-order valence-corrected chi connectivity index (χ4v) is 2.55. The van der Waals surface area contributed by atoms with Gasteiger partial charge in [0.2, 0.25) is 0 Å². The molecular formula is C20H16B2O8. The van der Waals surface area contributed by atoms with Crippen molar-refractivity contribution in [3.8, 4) is 11.5 Å². The molecule has 0 unspecified atom stereocenters. The van der Waals surface area contributed by atoms with Crippen LogP contribution < -0.4 is 20.4 Å². The summed E-state index contributed by atoms with van der Waals surface area (Å²) in [5.41, 5.74) is 0.700. The van der Waals surface area contributed by atoms with E-state index in [4.69, 9.17) is 9.47 Å². The number of carbonyl (C=O) groups excluding carboxylic acids is 2. The van der Waals surface area contributed by atoms with E-state index >= 15 is 0 Å². The lowest BCUT2D eigenvalue weighted by atomic mass is 9.80. The summed E-state index contributed by atoms with van der Waals surface area (Å²) in [5.74, 6) is -1.10. The first kappa shape index (κ1) is 21.3. The predicted octanol–water partition coefficient (Wildman–Crippen LogP) is -0.515. The molecule has 0 amide bonds. The van der Waals surface area contributed by atoms with Crippen LogP contribution in [0.3, 0.4) is 0 Å². The van der Waals surface area contributed by atoms with Crippen LogP contribution in [0.4, 0.5) is 0 Å². The molecule has 0 spiro atoms. The van der Waals surface area contributed by atoms with Crippen LogP contribution in [0.15, 0.2) is 72.8 Å². The smallest absolute Gasteiger partial charge is 0.423 e. The van der Waals surface area contributed by atoms with E-state index in [0.717, 1.165) is 0 Å². The van der Waals surface area contributed by atoms with E-state index in [1.54, 1.807) is 0 Å². The van der Waals surface area contributed by atoms with Crippen molar-refractivity contribution in [2.45, 2.75) is 0 Å². The summed E-state index contributed by atoms with van der Waals surface area (Å²) in [6, 6.07) is 17.2. The highest BCUT2D eigenvalue weighted by atomic mass is 16.5. The van der Waals surface area contributed by atoms with Gasteiger partial charge >= 0.3 is 26.2 Å². The number of rotatable bonds is 6. The van der Waals surface area contributed by atoms with Crippen LogP contribution in [-0.2, 0) is 0 Å². The molecule has 3 aromatic rings. The zero-order chi connectivity index (χ0) is 21.7. The lowest BCUT2D eigenvalue weighted by molar-refractivity contribution is 0.0720. The molecule has 4 N–H and O–H groups in total. The Labute approximate surface area is 172 Å². The van der Waals surface area contributed by atoms with E-state index in [0.29, 0.717) is 0 Å². The van der Waals surface area contributed by atoms with Gasteiger partial charge in [-0.3, -0.25) is 0 Å². The molecule has 3 aromatic carbocycles. The lowest BCUT2D eigenvalue weighted by Gasteiger charge is -2.08. The van der Waals surface area contributed by atoms with Crippen LogP contribution in [0.1, 0.15) is 20.7 Å². The molecule has 0 aliphatic carbocycles. The molecule has 0 radical (unpaired) electrons. The first-order chi connectivity index (χ1) is 14.3. The largest absolute Gasteiger partial charge is 0.488 e. The maximum Gasteiger partial charge on any atom is 0.488 e. The van der Waals surface area contributed by atoms with E-state index in [9.17, 15) is 29.7 Å². The first-order valence-corrected chi connectivity index (χ1v) is 8.80. The third-order valence-electron chi connectivity index (χ3n) is 4.09. The number of esters is 2. The summed E-state index contributed by atoms with van der Waals surface area (Å²) in [5, 5.41) is 36.7. The van der Waals surface area contributed by atoms with Gasteiger partial charge in [-0.05, 0) is 59.5 Å². The maximum atomic E-state index is 12.3. The maximum absolute atomic E-state index is 12.3. The Bertz CT molecular complexity index is 966. The normalized spacial score (nSPS) is 10.3. The van der Waals surface area contributed by atoms with E-state index in [1.165, 1.54) is 72.8 Å². The van der Waals surface area contributed by atoms with Crippen LogP contribution in [0.2, 0.25) is 0 Å². The standard InChI is InChI=1S/C20H16B2O8/c23-19(29-17-5-1-3-15(11-17)21(25)26)13-7-9-14(10-8-13)20(24)30-18-6-2-4-16(12-18)22(27)28/h1-12,25-28H. The Hall–Kier alpha value is -3.43. The van der Waals surface area contributed by atoms with Crippen LogP contribution >= 0.6 is 0 Å². The molecule has 0 bridgehead atoms. The van der Waals surface area contributed by atoms with Crippen LogP contribution in [-0.4, -0.2) is 46.3 Å². The van der Waals surface area contributed by atoms with E-state index in [1.807, 2.05) is 0 Å². The molecule has 0 atom stereocenters. The minimum absolute atomic E-state index is 0.139. The fourth-order valence-electron chi connectivity index (χ4n) is 2.55. The van der Waals surface area contributed by atoms with E-state index in [2.05, 4.69) is 0 Å². The summed E-state index contributed by atoms with van der Waals surface area (Å²) in [6.45, 7) is 0. The molecule has 0 fully saturated rings. The second-order valence-electron chi connectivity index (χ2n) is 6.25. The lowest BCUT2D eigenvalue weighted by Crippen LogP contribution is -2.29. The van der Waals surface area contributed by atoms with E-state index in [-0.39, 0.29) is 33.6 Å². The molecule has 3 rings (SSSR count). The van der Waals surface area contributed by atoms with Crippen molar-refractivity contribution in [2.24, 2.45) is 0 Å². The highest BCUT2D eigenvalue weighted by molar-refractivity contribution is 6.59. The number of ether oxygens (including phenoxy) is 2. The van der Waals surface area contributed by atoms with Gasteiger partial charge in [-0.2, -0.15) is 0 Å². The Kier molecular flexibility index (Phi) is 6.65. The first-order valence-electron chi connectivity index (χ1n) is 8.80. The second kappa shape index (κ2) is 9.38. The van der Waals surface area contributed by atoms with Gasteiger partial charge in [-0.1, -0.05) is 24.3 Å². The van der Waals surface area contributed by atoms with Gasteiger partial charge < -0.3 is 29.6 Å². The van der Waals surface area contributed by atoms with Gasteiger partial charge in [0.05, 0.1) is 11.1 Å². The van der Waals surface area contributed by atoms with Crippen molar-refractivity contribution in [2.75, 3.05) is 0 Å². The van der Waals surface area contributed by atoms with Crippen molar-refractivity contribution in [1.29, 1.82) is 0 Å². The Morgan fingerprint density at radius 1 is 0.600 bits per heavy atom. The summed E-state index contributed by atoms with van der Waals surface area (Å²) < 4.78 is 10.4. The average Bonchev–Trinajstić information content (AvgIpc) is 2.74. The summed E-state index contributed by atoms with van der Waals surface area (Å²) in [6.07, 6.45) is 0. The minimum atomic E-state index is -1.68. The summed E-state index contributed by atoms with van der Waals surface area (Å²) in [4.78, 5) is 24.5. The molecule has 30 heavy (non-hydrogen) atoms. The molecule has 0 aliphatic heterocycles. The van der Waals surface area contributed by atoms with Crippen molar-refractivity contribution in [3.05, 3.63) is 83.9 Å². The summed E-state index contributed by atoms with van der Waals surface area (Å²) >= 11 is 0. The third-order valence-corrected chi connectivity index (χ3v) is 4.09. The highest BCUT2D eigenvalue weighted by Crippen LogP contribution is 2.14. The minimum Gasteiger partial charge on any atom is -0.423 e. The van der Waals surface area contributed by atoms with Gasteiger partial charge in [-0.15, -0.1) is 0 Å².